The SMILES string of the molecule is O=S(=O)(Cc1nc2ccccc2n1CC(O)COc1cc(Cl)ccc1Cl)c1ccccc1. The minimum atomic E-state index is -3.61. The fourth-order valence-electron chi connectivity index (χ4n) is 3.36. The summed E-state index contributed by atoms with van der Waals surface area (Å²) in [6.45, 7) is 0.0375. The van der Waals surface area contributed by atoms with Crippen LogP contribution in [-0.2, 0) is 22.1 Å². The molecule has 0 spiro atoms. The van der Waals surface area contributed by atoms with Crippen molar-refractivity contribution in [2.24, 2.45) is 0 Å². The first-order chi connectivity index (χ1) is 15.3. The molecule has 1 N–H and O–H groups in total. The van der Waals surface area contributed by atoms with E-state index in [2.05, 4.69) is 4.98 Å². The number of hydrogen-bond donors (Lipinski definition) is 1. The van der Waals surface area contributed by atoms with Gasteiger partial charge in [-0.2, -0.15) is 0 Å². The van der Waals surface area contributed by atoms with Crippen LogP contribution in [0.25, 0.3) is 11.0 Å². The molecule has 0 fully saturated rings. The zero-order chi connectivity index (χ0) is 22.7. The molecule has 0 radical (unpaired) electrons. The van der Waals surface area contributed by atoms with Crippen LogP contribution >= 0.6 is 23.2 Å². The van der Waals surface area contributed by atoms with E-state index < -0.39 is 15.9 Å². The number of nitrogens with zero attached hydrogens (tertiary/aromatic N) is 2. The summed E-state index contributed by atoms with van der Waals surface area (Å²) < 4.78 is 33.2. The van der Waals surface area contributed by atoms with E-state index in [0.29, 0.717) is 27.1 Å². The molecule has 0 saturated carbocycles. The van der Waals surface area contributed by atoms with E-state index in [-0.39, 0.29) is 23.8 Å². The standard InChI is InChI=1S/C23H20Cl2N2O4S/c24-16-10-11-19(25)22(12-16)31-14-17(28)13-27-21-9-5-4-8-20(21)26-23(27)15-32(29,30)18-6-2-1-3-7-18/h1-12,17,28H,13-15H2. The van der Waals surface area contributed by atoms with Gasteiger partial charge in [0.15, 0.2) is 9.84 Å². The summed E-state index contributed by atoms with van der Waals surface area (Å²) >= 11 is 12.1. The predicted molar refractivity (Wildman–Crippen MR) is 125 cm³/mol. The Morgan fingerprint density at radius 2 is 1.72 bits per heavy atom. The number of halogens is 2. The number of rotatable bonds is 8. The third-order valence-electron chi connectivity index (χ3n) is 4.87. The van der Waals surface area contributed by atoms with E-state index in [4.69, 9.17) is 27.9 Å². The van der Waals surface area contributed by atoms with E-state index in [0.717, 1.165) is 5.52 Å². The predicted octanol–water partition coefficient (Wildman–Crippen LogP) is 4.76. The largest absolute Gasteiger partial charge is 0.489 e. The first-order valence-electron chi connectivity index (χ1n) is 9.81. The van der Waals surface area contributed by atoms with Crippen molar-refractivity contribution in [3.05, 3.63) is 88.7 Å². The number of aliphatic hydroxyl groups is 1. The summed E-state index contributed by atoms with van der Waals surface area (Å²) in [5, 5.41) is 11.5. The molecule has 4 rings (SSSR count). The van der Waals surface area contributed by atoms with Crippen LogP contribution in [0.2, 0.25) is 10.0 Å². The fraction of sp³-hybridized carbons (Fsp3) is 0.174. The number of aromatic nitrogens is 2. The summed E-state index contributed by atoms with van der Waals surface area (Å²) in [4.78, 5) is 4.73. The normalized spacial score (nSPS) is 12.7. The number of sulfone groups is 1. The highest BCUT2D eigenvalue weighted by molar-refractivity contribution is 7.90. The van der Waals surface area contributed by atoms with Crippen LogP contribution in [0.15, 0.2) is 77.7 Å². The van der Waals surface area contributed by atoms with Gasteiger partial charge in [-0.3, -0.25) is 0 Å². The monoisotopic (exact) mass is 490 g/mol. The molecule has 166 valence electrons. The van der Waals surface area contributed by atoms with Crippen LogP contribution in [0, 0.1) is 0 Å². The first-order valence-corrected chi connectivity index (χ1v) is 12.2. The number of fused-ring (bicyclic) bond motifs is 1. The van der Waals surface area contributed by atoms with E-state index in [9.17, 15) is 13.5 Å². The Bertz CT molecular complexity index is 1340. The molecule has 0 aliphatic carbocycles. The van der Waals surface area contributed by atoms with Gasteiger partial charge < -0.3 is 14.4 Å². The molecule has 32 heavy (non-hydrogen) atoms. The Kier molecular flexibility index (Phi) is 6.71. The van der Waals surface area contributed by atoms with Gasteiger partial charge in [0, 0.05) is 11.1 Å². The van der Waals surface area contributed by atoms with Crippen LogP contribution in [0.4, 0.5) is 0 Å². The van der Waals surface area contributed by atoms with Gasteiger partial charge >= 0.3 is 0 Å². The van der Waals surface area contributed by atoms with E-state index in [1.165, 1.54) is 0 Å². The van der Waals surface area contributed by atoms with Crippen molar-refractivity contribution in [3.8, 4) is 5.75 Å². The molecule has 1 unspecified atom stereocenters. The maximum Gasteiger partial charge on any atom is 0.185 e. The van der Waals surface area contributed by atoms with E-state index in [1.807, 2.05) is 18.2 Å². The van der Waals surface area contributed by atoms with Gasteiger partial charge in [0.2, 0.25) is 0 Å². The van der Waals surface area contributed by atoms with E-state index in [1.54, 1.807) is 59.2 Å². The summed E-state index contributed by atoms with van der Waals surface area (Å²) in [6, 6.07) is 20.4. The van der Waals surface area contributed by atoms with E-state index >= 15 is 0 Å². The van der Waals surface area contributed by atoms with Gasteiger partial charge in [0.1, 0.15) is 30.0 Å². The quantitative estimate of drug-likeness (QED) is 0.385. The summed E-state index contributed by atoms with van der Waals surface area (Å²) in [7, 11) is -3.61. The molecule has 9 heteroatoms. The van der Waals surface area contributed by atoms with Crippen molar-refractivity contribution < 1.29 is 18.3 Å². The van der Waals surface area contributed by atoms with Crippen molar-refractivity contribution in [1.29, 1.82) is 0 Å². The lowest BCUT2D eigenvalue weighted by molar-refractivity contribution is 0.0929. The second-order valence-electron chi connectivity index (χ2n) is 7.24. The van der Waals surface area contributed by atoms with Gasteiger partial charge in [-0.15, -0.1) is 0 Å². The number of imidazole rings is 1. The highest BCUT2D eigenvalue weighted by Crippen LogP contribution is 2.28. The highest BCUT2D eigenvalue weighted by Gasteiger charge is 2.22. The molecule has 6 nitrogen and oxygen atoms in total. The van der Waals surface area contributed by atoms with Crippen molar-refractivity contribution in [2.45, 2.75) is 23.3 Å². The number of para-hydroxylation sites is 2. The second kappa shape index (κ2) is 9.50. The fourth-order valence-corrected chi connectivity index (χ4v) is 4.99. The van der Waals surface area contributed by atoms with Crippen molar-refractivity contribution in [2.75, 3.05) is 6.61 Å². The van der Waals surface area contributed by atoms with Gasteiger partial charge in [-0.05, 0) is 36.4 Å². The molecule has 1 aromatic heterocycles. The number of benzene rings is 3. The lowest BCUT2D eigenvalue weighted by atomic mass is 10.3. The van der Waals surface area contributed by atoms with Crippen LogP contribution in [0.5, 0.6) is 5.75 Å². The van der Waals surface area contributed by atoms with Gasteiger partial charge in [0.05, 0.1) is 27.5 Å². The average molecular weight is 491 g/mol. The molecule has 0 aliphatic heterocycles. The van der Waals surface area contributed by atoms with Crippen LogP contribution < -0.4 is 4.74 Å². The van der Waals surface area contributed by atoms with Crippen LogP contribution in [0.1, 0.15) is 5.82 Å². The topological polar surface area (TPSA) is 81.4 Å². The van der Waals surface area contributed by atoms with Gasteiger partial charge in [0.25, 0.3) is 0 Å². The Hall–Kier alpha value is -2.58. The zero-order valence-electron chi connectivity index (χ0n) is 16.9. The Morgan fingerprint density at radius 3 is 2.50 bits per heavy atom. The molecular weight excluding hydrogens is 471 g/mol. The number of ether oxygens (including phenoxy) is 1. The third-order valence-corrected chi connectivity index (χ3v) is 7.05. The lowest BCUT2D eigenvalue weighted by Gasteiger charge is -2.16. The first kappa shape index (κ1) is 22.6. The number of aliphatic hydroxyl groups excluding tert-OH is 1. The van der Waals surface area contributed by atoms with Gasteiger partial charge in [-0.25, -0.2) is 13.4 Å². The molecule has 0 aliphatic rings. The lowest BCUT2D eigenvalue weighted by Crippen LogP contribution is -2.25. The maximum absolute atomic E-state index is 12.9. The molecule has 0 amide bonds. The summed E-state index contributed by atoms with van der Waals surface area (Å²) in [5.41, 5.74) is 1.38. The highest BCUT2D eigenvalue weighted by atomic mass is 35.5. The minimum Gasteiger partial charge on any atom is -0.489 e. The smallest absolute Gasteiger partial charge is 0.185 e. The molecule has 1 heterocycles. The Balaban J connectivity index is 1.58. The molecule has 3 aromatic carbocycles. The number of hydrogen-bond acceptors (Lipinski definition) is 5. The van der Waals surface area contributed by atoms with Crippen molar-refractivity contribution in [1.82, 2.24) is 9.55 Å². The third kappa shape index (κ3) is 5.07. The summed E-state index contributed by atoms with van der Waals surface area (Å²) in [6.07, 6.45) is -0.944. The van der Waals surface area contributed by atoms with Crippen LogP contribution in [0.3, 0.4) is 0 Å². The van der Waals surface area contributed by atoms with Crippen LogP contribution in [-0.4, -0.2) is 35.8 Å². The molecule has 0 bridgehead atoms. The zero-order valence-corrected chi connectivity index (χ0v) is 19.2. The Labute approximate surface area is 195 Å². The Morgan fingerprint density at radius 1 is 1.00 bits per heavy atom. The molecule has 4 aromatic rings. The molecule has 0 saturated heterocycles. The second-order valence-corrected chi connectivity index (χ2v) is 10.1. The summed E-state index contributed by atoms with van der Waals surface area (Å²) in [5.74, 6) is 0.412. The molecular formula is C23H20Cl2N2O4S. The molecule has 1 atom stereocenters. The maximum atomic E-state index is 12.9. The van der Waals surface area contributed by atoms with Gasteiger partial charge in [-0.1, -0.05) is 53.5 Å². The minimum absolute atomic E-state index is 0.0581. The average Bonchev–Trinajstić information content (AvgIpc) is 3.11. The van der Waals surface area contributed by atoms with Crippen molar-refractivity contribution in [3.63, 3.8) is 0 Å². The van der Waals surface area contributed by atoms with Crippen molar-refractivity contribution >= 4 is 44.1 Å².